The van der Waals surface area contributed by atoms with Crippen LogP contribution in [0.5, 0.6) is 5.88 Å². The standard InChI is InChI=1S/C11H12N2O2/c1-13-9(14-2)5-8-10-7(3-4-15-10)6-12-11(8)13/h3-5,12H,6H2,1-2H3. The number of methoxy groups -OCH3 is 1. The van der Waals surface area contributed by atoms with Gasteiger partial charge < -0.3 is 19.0 Å². The predicted octanol–water partition coefficient (Wildman–Crippen LogP) is 2.22. The van der Waals surface area contributed by atoms with Crippen LogP contribution in [0.2, 0.25) is 0 Å². The quantitative estimate of drug-likeness (QED) is 0.774. The summed E-state index contributed by atoms with van der Waals surface area (Å²) in [5.74, 6) is 2.83. The molecule has 1 aliphatic heterocycles. The molecular formula is C11H12N2O2. The lowest BCUT2D eigenvalue weighted by atomic mass is 10.1. The maximum absolute atomic E-state index is 5.49. The van der Waals surface area contributed by atoms with E-state index >= 15 is 0 Å². The zero-order chi connectivity index (χ0) is 10.4. The smallest absolute Gasteiger partial charge is 0.195 e. The molecule has 1 N–H and O–H groups in total. The molecule has 2 aromatic rings. The van der Waals surface area contributed by atoms with Crippen LogP contribution in [-0.4, -0.2) is 11.7 Å². The van der Waals surface area contributed by atoms with E-state index in [1.54, 1.807) is 13.4 Å². The van der Waals surface area contributed by atoms with Crippen LogP contribution in [-0.2, 0) is 13.6 Å². The Morgan fingerprint density at radius 2 is 2.40 bits per heavy atom. The Kier molecular flexibility index (Phi) is 1.59. The minimum atomic E-state index is 0.805. The molecule has 0 amide bonds. The van der Waals surface area contributed by atoms with Crippen LogP contribution in [0.4, 0.5) is 5.82 Å². The average molecular weight is 204 g/mol. The van der Waals surface area contributed by atoms with E-state index in [1.165, 1.54) is 5.56 Å². The first kappa shape index (κ1) is 8.47. The average Bonchev–Trinajstić information content (AvgIpc) is 2.82. The largest absolute Gasteiger partial charge is 0.482 e. The molecule has 1 aliphatic rings. The highest BCUT2D eigenvalue weighted by atomic mass is 16.5. The van der Waals surface area contributed by atoms with Crippen molar-refractivity contribution in [1.82, 2.24) is 4.57 Å². The van der Waals surface area contributed by atoms with Crippen molar-refractivity contribution in [2.24, 2.45) is 7.05 Å². The number of aromatic nitrogens is 1. The molecular weight excluding hydrogens is 192 g/mol. The Morgan fingerprint density at radius 1 is 1.53 bits per heavy atom. The van der Waals surface area contributed by atoms with Gasteiger partial charge in [-0.15, -0.1) is 0 Å². The van der Waals surface area contributed by atoms with Gasteiger partial charge in [-0.3, -0.25) is 0 Å². The van der Waals surface area contributed by atoms with E-state index in [4.69, 9.17) is 9.15 Å². The van der Waals surface area contributed by atoms with Gasteiger partial charge in [-0.05, 0) is 6.07 Å². The zero-order valence-electron chi connectivity index (χ0n) is 8.70. The first-order valence-corrected chi connectivity index (χ1v) is 4.85. The van der Waals surface area contributed by atoms with E-state index in [2.05, 4.69) is 5.32 Å². The summed E-state index contributed by atoms with van der Waals surface area (Å²) in [6.07, 6.45) is 1.72. The van der Waals surface area contributed by atoms with Gasteiger partial charge in [0.2, 0.25) is 0 Å². The number of fused-ring (bicyclic) bond motifs is 3. The topological polar surface area (TPSA) is 39.3 Å². The van der Waals surface area contributed by atoms with E-state index in [9.17, 15) is 0 Å². The molecule has 3 rings (SSSR count). The Balaban J connectivity index is 2.25. The second-order valence-corrected chi connectivity index (χ2v) is 3.64. The number of nitrogens with zero attached hydrogens (tertiary/aromatic N) is 1. The molecule has 0 saturated carbocycles. The van der Waals surface area contributed by atoms with Gasteiger partial charge in [0.05, 0.1) is 18.9 Å². The molecule has 0 fully saturated rings. The first-order chi connectivity index (χ1) is 7.31. The molecule has 0 saturated heterocycles. The minimum Gasteiger partial charge on any atom is -0.482 e. The Hall–Kier alpha value is -1.84. The summed E-state index contributed by atoms with van der Waals surface area (Å²) >= 11 is 0. The van der Waals surface area contributed by atoms with Gasteiger partial charge in [-0.2, -0.15) is 0 Å². The lowest BCUT2D eigenvalue weighted by molar-refractivity contribution is 0.383. The van der Waals surface area contributed by atoms with Gasteiger partial charge in [-0.1, -0.05) is 0 Å². The first-order valence-electron chi connectivity index (χ1n) is 4.85. The summed E-state index contributed by atoms with van der Waals surface area (Å²) in [5, 5.41) is 3.35. The van der Waals surface area contributed by atoms with Crippen LogP contribution in [0.15, 0.2) is 22.8 Å². The number of anilines is 1. The third-order valence-electron chi connectivity index (χ3n) is 2.84. The number of hydrogen-bond acceptors (Lipinski definition) is 3. The Morgan fingerprint density at radius 3 is 3.20 bits per heavy atom. The van der Waals surface area contributed by atoms with Crippen molar-refractivity contribution in [3.05, 3.63) is 24.0 Å². The van der Waals surface area contributed by atoms with Gasteiger partial charge in [0.25, 0.3) is 0 Å². The summed E-state index contributed by atoms with van der Waals surface area (Å²) in [5.41, 5.74) is 2.26. The van der Waals surface area contributed by atoms with Crippen LogP contribution in [0, 0.1) is 0 Å². The lowest BCUT2D eigenvalue weighted by Crippen LogP contribution is -2.09. The Labute approximate surface area is 87.5 Å². The van der Waals surface area contributed by atoms with Gasteiger partial charge in [0.1, 0.15) is 11.6 Å². The van der Waals surface area contributed by atoms with E-state index in [-0.39, 0.29) is 0 Å². The van der Waals surface area contributed by atoms with Crippen LogP contribution >= 0.6 is 0 Å². The second kappa shape index (κ2) is 2.82. The summed E-state index contributed by atoms with van der Waals surface area (Å²) < 4.78 is 12.7. The third kappa shape index (κ3) is 1.02. The Bertz CT molecular complexity index is 511. The van der Waals surface area contributed by atoms with Crippen molar-refractivity contribution in [2.45, 2.75) is 6.54 Å². The van der Waals surface area contributed by atoms with E-state index < -0.39 is 0 Å². The molecule has 0 radical (unpaired) electrons. The highest BCUT2D eigenvalue weighted by molar-refractivity contribution is 5.79. The predicted molar refractivity (Wildman–Crippen MR) is 57.0 cm³/mol. The molecule has 0 spiro atoms. The minimum absolute atomic E-state index is 0.805. The van der Waals surface area contributed by atoms with Crippen LogP contribution in [0.1, 0.15) is 5.56 Å². The van der Waals surface area contributed by atoms with Gasteiger partial charge in [0, 0.05) is 25.2 Å². The number of ether oxygens (including phenoxy) is 1. The number of rotatable bonds is 1. The zero-order valence-corrected chi connectivity index (χ0v) is 8.70. The lowest BCUT2D eigenvalue weighted by Gasteiger charge is -2.15. The molecule has 2 aromatic heterocycles. The molecule has 4 nitrogen and oxygen atoms in total. The fourth-order valence-corrected chi connectivity index (χ4v) is 2.05. The molecule has 3 heterocycles. The summed E-state index contributed by atoms with van der Waals surface area (Å²) in [6.45, 7) is 0.805. The van der Waals surface area contributed by atoms with Crippen molar-refractivity contribution in [3.63, 3.8) is 0 Å². The molecule has 78 valence electrons. The third-order valence-corrected chi connectivity index (χ3v) is 2.84. The van der Waals surface area contributed by atoms with E-state index in [0.29, 0.717) is 0 Å². The normalized spacial score (nSPS) is 12.9. The summed E-state index contributed by atoms with van der Waals surface area (Å²) in [6, 6.07) is 3.98. The maximum atomic E-state index is 5.49. The fraction of sp³-hybridized carbons (Fsp3) is 0.273. The van der Waals surface area contributed by atoms with Crippen molar-refractivity contribution in [2.75, 3.05) is 12.4 Å². The molecule has 0 aliphatic carbocycles. The van der Waals surface area contributed by atoms with Gasteiger partial charge in [-0.25, -0.2) is 0 Å². The van der Waals surface area contributed by atoms with Crippen LogP contribution in [0.3, 0.4) is 0 Å². The number of hydrogen-bond donors (Lipinski definition) is 1. The summed E-state index contributed by atoms with van der Waals surface area (Å²) in [7, 11) is 3.64. The van der Waals surface area contributed by atoms with Crippen LogP contribution < -0.4 is 10.1 Å². The highest BCUT2D eigenvalue weighted by Crippen LogP contribution is 2.40. The molecule has 0 aromatic carbocycles. The second-order valence-electron chi connectivity index (χ2n) is 3.64. The maximum Gasteiger partial charge on any atom is 0.195 e. The van der Waals surface area contributed by atoms with Crippen molar-refractivity contribution < 1.29 is 9.15 Å². The number of furan rings is 1. The van der Waals surface area contributed by atoms with Gasteiger partial charge >= 0.3 is 0 Å². The van der Waals surface area contributed by atoms with Crippen molar-refractivity contribution in [3.8, 4) is 17.2 Å². The molecule has 0 bridgehead atoms. The monoisotopic (exact) mass is 204 g/mol. The van der Waals surface area contributed by atoms with Crippen molar-refractivity contribution in [1.29, 1.82) is 0 Å². The molecule has 0 atom stereocenters. The van der Waals surface area contributed by atoms with E-state index in [1.807, 2.05) is 23.7 Å². The van der Waals surface area contributed by atoms with E-state index in [0.717, 1.165) is 29.6 Å². The number of nitrogens with one attached hydrogen (secondary N) is 1. The molecule has 15 heavy (non-hydrogen) atoms. The SMILES string of the molecule is COc1cc2c(n1C)NCc1ccoc1-2. The van der Waals surface area contributed by atoms with Crippen LogP contribution in [0.25, 0.3) is 11.3 Å². The fourth-order valence-electron chi connectivity index (χ4n) is 2.05. The highest BCUT2D eigenvalue weighted by Gasteiger charge is 2.23. The summed E-state index contributed by atoms with van der Waals surface area (Å²) in [4.78, 5) is 0. The molecule has 4 heteroatoms. The van der Waals surface area contributed by atoms with Crippen molar-refractivity contribution >= 4 is 5.82 Å². The van der Waals surface area contributed by atoms with Gasteiger partial charge in [0.15, 0.2) is 5.88 Å². The molecule has 0 unspecified atom stereocenters.